The van der Waals surface area contributed by atoms with Crippen LogP contribution in [0.15, 0.2) is 6.99 Å². The molecule has 13 heavy (non-hydrogen) atoms. The van der Waals surface area contributed by atoms with Crippen molar-refractivity contribution in [1.82, 2.24) is 0 Å². The molecule has 80 valence electrons. The van der Waals surface area contributed by atoms with Crippen LogP contribution in [-0.4, -0.2) is 11.1 Å². The SMILES string of the molecule is CC(C)(C)[N]=[Mo+2]=[N]C(C)(C)C.[Cl-].[Cl-]. The van der Waals surface area contributed by atoms with Gasteiger partial charge in [0.1, 0.15) is 0 Å². The first-order chi connectivity index (χ1) is 4.71. The predicted molar refractivity (Wildman–Crippen MR) is 44.4 cm³/mol. The second kappa shape index (κ2) is 7.20. The number of rotatable bonds is 0. The Hall–Kier alpha value is 0.868. The molecule has 0 aliphatic rings. The molecule has 0 aliphatic carbocycles. The Labute approximate surface area is 102 Å². The number of hydrogen-bond donors (Lipinski definition) is 0. The molecule has 0 radical (unpaired) electrons. The van der Waals surface area contributed by atoms with Gasteiger partial charge in [0.2, 0.25) is 0 Å². The zero-order chi connectivity index (χ0) is 9.12. The van der Waals surface area contributed by atoms with Gasteiger partial charge in [0, 0.05) is 0 Å². The summed E-state index contributed by atoms with van der Waals surface area (Å²) < 4.78 is 9.01. The molecule has 0 N–H and O–H groups in total. The maximum atomic E-state index is 4.51. The summed E-state index contributed by atoms with van der Waals surface area (Å²) in [6.45, 7) is 12.7. The molecule has 0 aromatic heterocycles. The van der Waals surface area contributed by atoms with Gasteiger partial charge in [-0.1, -0.05) is 0 Å². The molecule has 0 bridgehead atoms. The molecule has 2 nitrogen and oxygen atoms in total. The minimum absolute atomic E-state index is 0. The van der Waals surface area contributed by atoms with E-state index in [9.17, 15) is 0 Å². The fourth-order valence-electron chi connectivity index (χ4n) is 0.265. The van der Waals surface area contributed by atoms with E-state index in [0.717, 1.165) is 0 Å². The second-order valence-corrected chi connectivity index (χ2v) is 5.90. The molecule has 0 atom stereocenters. The van der Waals surface area contributed by atoms with E-state index in [-0.39, 0.29) is 35.9 Å². The molecule has 0 amide bonds. The van der Waals surface area contributed by atoms with Crippen LogP contribution in [0.4, 0.5) is 0 Å². The Morgan fingerprint density at radius 2 is 0.923 bits per heavy atom. The number of hydrogen-bond acceptors (Lipinski definition) is 2. The largest absolute Gasteiger partial charge is 1.00 e. The van der Waals surface area contributed by atoms with E-state index in [2.05, 4.69) is 48.5 Å². The van der Waals surface area contributed by atoms with Crippen molar-refractivity contribution in [1.29, 1.82) is 0 Å². The van der Waals surface area contributed by atoms with Gasteiger partial charge >= 0.3 is 77.8 Å². The molecule has 0 aromatic rings. The van der Waals surface area contributed by atoms with Crippen molar-refractivity contribution in [3.05, 3.63) is 0 Å². The monoisotopic (exact) mass is 310 g/mol. The smallest absolute Gasteiger partial charge is 1.00 e. The molecule has 0 aromatic carbocycles. The average Bonchev–Trinajstić information content (AvgIpc) is 1.55. The van der Waals surface area contributed by atoms with E-state index >= 15 is 0 Å². The standard InChI is InChI=1S/2C4H9N.2ClH.Mo/c2*1-4(2,3)5;;;/h2*1-3H3;2*1H;/q;;;;+2/p-2. The summed E-state index contributed by atoms with van der Waals surface area (Å²) in [5.41, 5.74) is 0.216. The fraction of sp³-hybridized carbons (Fsp3) is 1.00. The fourth-order valence-corrected chi connectivity index (χ4v) is 1.57. The summed E-state index contributed by atoms with van der Waals surface area (Å²) in [5, 5.41) is 0. The van der Waals surface area contributed by atoms with Crippen molar-refractivity contribution in [3.8, 4) is 0 Å². The predicted octanol–water partition coefficient (Wildman–Crippen LogP) is -2.96. The van der Waals surface area contributed by atoms with Gasteiger partial charge in [0.25, 0.3) is 0 Å². The Morgan fingerprint density at radius 3 is 1.08 bits per heavy atom. The third-order valence-electron chi connectivity index (χ3n) is 0.629. The van der Waals surface area contributed by atoms with E-state index in [1.54, 1.807) is 0 Å². The van der Waals surface area contributed by atoms with Gasteiger partial charge < -0.3 is 24.8 Å². The van der Waals surface area contributed by atoms with Gasteiger partial charge in [-0.25, -0.2) is 0 Å². The minimum Gasteiger partial charge on any atom is -1.00 e. The molecule has 0 unspecified atom stereocenters. The van der Waals surface area contributed by atoms with Crippen LogP contribution in [0.5, 0.6) is 0 Å². The number of nitrogens with zero attached hydrogens (tertiary/aromatic N) is 2. The van der Waals surface area contributed by atoms with E-state index < -0.39 is 18.2 Å². The van der Waals surface area contributed by atoms with Crippen LogP contribution in [0.2, 0.25) is 0 Å². The maximum absolute atomic E-state index is 4.51. The van der Waals surface area contributed by atoms with Crippen molar-refractivity contribution in [2.45, 2.75) is 52.6 Å². The molecule has 0 fully saturated rings. The Kier molecular flexibility index (Phi) is 10.8. The Bertz CT molecular complexity index is 167. The van der Waals surface area contributed by atoms with Crippen molar-refractivity contribution in [3.63, 3.8) is 0 Å². The first kappa shape index (κ1) is 19.4. The second-order valence-electron chi connectivity index (χ2n) is 4.61. The molecule has 0 rings (SSSR count). The zero-order valence-electron chi connectivity index (χ0n) is 9.06. The van der Waals surface area contributed by atoms with Gasteiger partial charge in [-0.15, -0.1) is 0 Å². The van der Waals surface area contributed by atoms with E-state index in [4.69, 9.17) is 0 Å². The van der Waals surface area contributed by atoms with Gasteiger partial charge in [-0.3, -0.25) is 0 Å². The molecule has 0 aliphatic heterocycles. The average molecular weight is 309 g/mol. The summed E-state index contributed by atoms with van der Waals surface area (Å²) >= 11 is -0.473. The van der Waals surface area contributed by atoms with Crippen LogP contribution in [0.3, 0.4) is 0 Å². The van der Waals surface area contributed by atoms with E-state index in [1.807, 2.05) is 0 Å². The van der Waals surface area contributed by atoms with Crippen LogP contribution >= 0.6 is 0 Å². The topological polar surface area (TPSA) is 24.7 Å². The maximum Gasteiger partial charge on any atom is -1.00 e. The van der Waals surface area contributed by atoms with Crippen LogP contribution in [0.1, 0.15) is 41.5 Å². The summed E-state index contributed by atoms with van der Waals surface area (Å²) in [6.07, 6.45) is 0. The summed E-state index contributed by atoms with van der Waals surface area (Å²) in [5.74, 6) is 0. The van der Waals surface area contributed by atoms with E-state index in [1.165, 1.54) is 0 Å². The molecule has 0 saturated carbocycles. The van der Waals surface area contributed by atoms with Crippen LogP contribution in [0.25, 0.3) is 0 Å². The molecule has 0 saturated heterocycles. The van der Waals surface area contributed by atoms with Gasteiger partial charge in [-0.2, -0.15) is 0 Å². The van der Waals surface area contributed by atoms with Crippen LogP contribution < -0.4 is 24.8 Å². The van der Waals surface area contributed by atoms with Crippen LogP contribution in [0, 0.1) is 0 Å². The summed E-state index contributed by atoms with van der Waals surface area (Å²) in [7, 11) is 0. The van der Waals surface area contributed by atoms with Gasteiger partial charge in [0.05, 0.1) is 0 Å². The third-order valence-corrected chi connectivity index (χ3v) is 3.72. The first-order valence-corrected chi connectivity index (χ1v) is 5.61. The Balaban J connectivity index is -0.000000500. The molecular weight excluding hydrogens is 291 g/mol. The molecule has 0 heterocycles. The van der Waals surface area contributed by atoms with Crippen molar-refractivity contribution in [2.24, 2.45) is 6.99 Å². The first-order valence-electron chi connectivity index (χ1n) is 3.81. The molecule has 5 heteroatoms. The van der Waals surface area contributed by atoms with Crippen molar-refractivity contribution >= 4 is 0 Å². The van der Waals surface area contributed by atoms with Crippen molar-refractivity contribution in [2.75, 3.05) is 0 Å². The van der Waals surface area contributed by atoms with E-state index in [0.29, 0.717) is 0 Å². The van der Waals surface area contributed by atoms with Gasteiger partial charge in [0.15, 0.2) is 0 Å². The quantitative estimate of drug-likeness (QED) is 0.427. The third kappa shape index (κ3) is 19.3. The van der Waals surface area contributed by atoms with Crippen LogP contribution in [-0.2, 0) is 18.2 Å². The summed E-state index contributed by atoms with van der Waals surface area (Å²) in [4.78, 5) is 0. The number of halogens is 2. The molecular formula is C8H18Cl2MoN2. The normalized spacial score (nSPS) is 10.3. The summed E-state index contributed by atoms with van der Waals surface area (Å²) in [6, 6.07) is 0. The van der Waals surface area contributed by atoms with Crippen molar-refractivity contribution < 1.29 is 43.0 Å². The Morgan fingerprint density at radius 1 is 0.692 bits per heavy atom. The minimum atomic E-state index is -0.473. The van der Waals surface area contributed by atoms with Gasteiger partial charge in [-0.05, 0) is 0 Å². The zero-order valence-corrected chi connectivity index (χ0v) is 12.6. The molecule has 0 spiro atoms.